The highest BCUT2D eigenvalue weighted by Crippen LogP contribution is 2.24. The number of nitrogens with zero attached hydrogens (tertiary/aromatic N) is 1. The molecule has 0 aromatic heterocycles. The van der Waals surface area contributed by atoms with Crippen molar-refractivity contribution in [2.45, 2.75) is 65.5 Å². The zero-order valence-electron chi connectivity index (χ0n) is 19.8. The van der Waals surface area contributed by atoms with Crippen molar-refractivity contribution in [1.82, 2.24) is 10.2 Å². The third-order valence-electron chi connectivity index (χ3n) is 5.35. The van der Waals surface area contributed by atoms with Gasteiger partial charge in [-0.2, -0.15) is 0 Å². The Morgan fingerprint density at radius 3 is 2.25 bits per heavy atom. The fourth-order valence-corrected chi connectivity index (χ4v) is 3.31. The van der Waals surface area contributed by atoms with Crippen molar-refractivity contribution in [3.63, 3.8) is 0 Å². The fraction of sp³-hybridized carbons (Fsp3) is 0.462. The molecular formula is C26H35ClN2O3. The number of nitrogens with one attached hydrogen (secondary N) is 1. The molecule has 32 heavy (non-hydrogen) atoms. The van der Waals surface area contributed by atoms with Crippen molar-refractivity contribution in [3.05, 3.63) is 64.7 Å². The van der Waals surface area contributed by atoms with Crippen molar-refractivity contribution in [2.75, 3.05) is 13.2 Å². The van der Waals surface area contributed by atoms with E-state index < -0.39 is 6.04 Å². The van der Waals surface area contributed by atoms with E-state index in [1.54, 1.807) is 24.0 Å². The Balaban J connectivity index is 2.09. The zero-order valence-corrected chi connectivity index (χ0v) is 20.5. The molecule has 2 aromatic carbocycles. The second-order valence-corrected chi connectivity index (χ2v) is 9.47. The first kappa shape index (κ1) is 25.7. The SMILES string of the molecule is CCCCNC(=O)C(C)N(Cc1ccc(Cl)cc1)C(=O)COc1ccc(C(C)(C)C)cc1. The molecule has 0 heterocycles. The average Bonchev–Trinajstić information content (AvgIpc) is 2.76. The van der Waals surface area contributed by atoms with E-state index in [0.29, 0.717) is 23.9 Å². The Morgan fingerprint density at radius 2 is 1.69 bits per heavy atom. The van der Waals surface area contributed by atoms with Crippen LogP contribution in [0.25, 0.3) is 0 Å². The van der Waals surface area contributed by atoms with Crippen LogP contribution in [0.1, 0.15) is 58.6 Å². The first-order valence-corrected chi connectivity index (χ1v) is 11.5. The van der Waals surface area contributed by atoms with Crippen LogP contribution in [0.4, 0.5) is 0 Å². The highest BCUT2D eigenvalue weighted by Gasteiger charge is 2.26. The number of unbranched alkanes of at least 4 members (excludes halogenated alkanes) is 1. The molecule has 0 bridgehead atoms. The normalized spacial score (nSPS) is 12.2. The van der Waals surface area contributed by atoms with Crippen molar-refractivity contribution < 1.29 is 14.3 Å². The minimum Gasteiger partial charge on any atom is -0.484 e. The van der Waals surface area contributed by atoms with Gasteiger partial charge in [-0.1, -0.05) is 70.0 Å². The van der Waals surface area contributed by atoms with Gasteiger partial charge in [0.1, 0.15) is 11.8 Å². The average molecular weight is 459 g/mol. The van der Waals surface area contributed by atoms with Crippen LogP contribution in [0, 0.1) is 0 Å². The molecule has 2 rings (SSSR count). The predicted octanol–water partition coefficient (Wildman–Crippen LogP) is 5.35. The molecular weight excluding hydrogens is 424 g/mol. The Labute approximate surface area is 197 Å². The lowest BCUT2D eigenvalue weighted by Gasteiger charge is -2.29. The quantitative estimate of drug-likeness (QED) is 0.488. The van der Waals surface area contributed by atoms with E-state index in [4.69, 9.17) is 16.3 Å². The summed E-state index contributed by atoms with van der Waals surface area (Å²) in [5.41, 5.74) is 2.13. The molecule has 1 N–H and O–H groups in total. The molecule has 0 aliphatic rings. The number of carbonyl (C=O) groups excluding carboxylic acids is 2. The van der Waals surface area contributed by atoms with Crippen molar-refractivity contribution in [3.8, 4) is 5.75 Å². The summed E-state index contributed by atoms with van der Waals surface area (Å²) in [4.78, 5) is 27.3. The molecule has 0 aliphatic heterocycles. The molecule has 174 valence electrons. The summed E-state index contributed by atoms with van der Waals surface area (Å²) in [7, 11) is 0. The van der Waals surface area contributed by atoms with E-state index >= 15 is 0 Å². The standard InChI is InChI=1S/C26H35ClN2O3/c1-6-7-16-28-25(31)19(2)29(17-20-8-12-22(27)13-9-20)24(30)18-32-23-14-10-21(11-15-23)26(3,4)5/h8-15,19H,6-7,16-18H2,1-5H3,(H,28,31). The molecule has 5 nitrogen and oxygen atoms in total. The fourth-order valence-electron chi connectivity index (χ4n) is 3.18. The highest BCUT2D eigenvalue weighted by molar-refractivity contribution is 6.30. The van der Waals surface area contributed by atoms with Gasteiger partial charge in [0.15, 0.2) is 6.61 Å². The summed E-state index contributed by atoms with van der Waals surface area (Å²) in [6.07, 6.45) is 1.89. The number of hydrogen-bond donors (Lipinski definition) is 1. The number of ether oxygens (including phenoxy) is 1. The Morgan fingerprint density at radius 1 is 1.06 bits per heavy atom. The molecule has 6 heteroatoms. The smallest absolute Gasteiger partial charge is 0.261 e. The Bertz CT molecular complexity index is 873. The van der Waals surface area contributed by atoms with E-state index in [0.717, 1.165) is 18.4 Å². The number of amides is 2. The van der Waals surface area contributed by atoms with Crippen molar-refractivity contribution >= 4 is 23.4 Å². The number of rotatable bonds is 10. The second-order valence-electron chi connectivity index (χ2n) is 9.03. The van der Waals surface area contributed by atoms with Gasteiger partial charge in [0, 0.05) is 18.1 Å². The van der Waals surface area contributed by atoms with E-state index in [9.17, 15) is 9.59 Å². The van der Waals surface area contributed by atoms with Crippen molar-refractivity contribution in [1.29, 1.82) is 0 Å². The summed E-state index contributed by atoms with van der Waals surface area (Å²) in [6, 6.07) is 14.4. The molecule has 0 saturated heterocycles. The van der Waals surface area contributed by atoms with Crippen LogP contribution in [0.3, 0.4) is 0 Å². The van der Waals surface area contributed by atoms with Crippen LogP contribution in [0.15, 0.2) is 48.5 Å². The lowest BCUT2D eigenvalue weighted by molar-refractivity contribution is -0.142. The molecule has 2 aromatic rings. The third kappa shape index (κ3) is 7.86. The largest absolute Gasteiger partial charge is 0.484 e. The maximum Gasteiger partial charge on any atom is 0.261 e. The van der Waals surface area contributed by atoms with Gasteiger partial charge in [-0.15, -0.1) is 0 Å². The van der Waals surface area contributed by atoms with Crippen LogP contribution >= 0.6 is 11.6 Å². The lowest BCUT2D eigenvalue weighted by atomic mass is 9.87. The van der Waals surface area contributed by atoms with E-state index in [1.165, 1.54) is 5.56 Å². The van der Waals surface area contributed by atoms with Gasteiger partial charge in [-0.25, -0.2) is 0 Å². The van der Waals surface area contributed by atoms with Gasteiger partial charge in [0.2, 0.25) is 5.91 Å². The van der Waals surface area contributed by atoms with Gasteiger partial charge in [0.25, 0.3) is 5.91 Å². The van der Waals surface area contributed by atoms with Crippen LogP contribution in [0.5, 0.6) is 5.75 Å². The van der Waals surface area contributed by atoms with Gasteiger partial charge >= 0.3 is 0 Å². The molecule has 0 radical (unpaired) electrons. The summed E-state index contributed by atoms with van der Waals surface area (Å²) < 4.78 is 5.76. The van der Waals surface area contributed by atoms with E-state index in [2.05, 4.69) is 33.0 Å². The Kier molecular flexibility index (Phi) is 9.58. The maximum absolute atomic E-state index is 13.1. The van der Waals surface area contributed by atoms with Crippen LogP contribution in [-0.4, -0.2) is 35.9 Å². The number of carbonyl (C=O) groups is 2. The van der Waals surface area contributed by atoms with Crippen LogP contribution in [-0.2, 0) is 21.5 Å². The number of hydrogen-bond acceptors (Lipinski definition) is 3. The second kappa shape index (κ2) is 11.9. The topological polar surface area (TPSA) is 58.6 Å². The number of benzene rings is 2. The molecule has 0 aliphatic carbocycles. The molecule has 0 saturated carbocycles. The molecule has 1 atom stereocenters. The van der Waals surface area contributed by atoms with E-state index in [-0.39, 0.29) is 23.8 Å². The van der Waals surface area contributed by atoms with Gasteiger partial charge in [0.05, 0.1) is 0 Å². The summed E-state index contributed by atoms with van der Waals surface area (Å²) in [6.45, 7) is 11.0. The first-order valence-electron chi connectivity index (χ1n) is 11.2. The lowest BCUT2D eigenvalue weighted by Crippen LogP contribution is -2.49. The minimum absolute atomic E-state index is 0.0459. The monoisotopic (exact) mass is 458 g/mol. The number of halogens is 1. The van der Waals surface area contributed by atoms with Gasteiger partial charge in [-0.05, 0) is 54.2 Å². The summed E-state index contributed by atoms with van der Waals surface area (Å²) >= 11 is 5.99. The maximum atomic E-state index is 13.1. The first-order chi connectivity index (χ1) is 15.1. The van der Waals surface area contributed by atoms with Gasteiger partial charge in [-0.3, -0.25) is 9.59 Å². The molecule has 0 spiro atoms. The molecule has 0 fully saturated rings. The third-order valence-corrected chi connectivity index (χ3v) is 5.60. The predicted molar refractivity (Wildman–Crippen MR) is 130 cm³/mol. The van der Waals surface area contributed by atoms with Crippen LogP contribution < -0.4 is 10.1 Å². The highest BCUT2D eigenvalue weighted by atomic mass is 35.5. The Hall–Kier alpha value is -2.53. The molecule has 1 unspecified atom stereocenters. The van der Waals surface area contributed by atoms with Crippen LogP contribution in [0.2, 0.25) is 5.02 Å². The van der Waals surface area contributed by atoms with Crippen molar-refractivity contribution in [2.24, 2.45) is 0 Å². The van der Waals surface area contributed by atoms with Gasteiger partial charge < -0.3 is 15.0 Å². The summed E-state index contributed by atoms with van der Waals surface area (Å²) in [5.74, 6) is 0.200. The zero-order chi connectivity index (χ0) is 23.7. The summed E-state index contributed by atoms with van der Waals surface area (Å²) in [5, 5.41) is 3.54. The molecule has 2 amide bonds. The minimum atomic E-state index is -0.623. The van der Waals surface area contributed by atoms with E-state index in [1.807, 2.05) is 36.4 Å².